The van der Waals surface area contributed by atoms with Crippen LogP contribution >= 0.6 is 0 Å². The van der Waals surface area contributed by atoms with Crippen molar-refractivity contribution in [2.24, 2.45) is 16.8 Å². The Morgan fingerprint density at radius 3 is 2.45 bits per heavy atom. The highest BCUT2D eigenvalue weighted by molar-refractivity contribution is 5.82. The number of oxime groups is 1. The van der Waals surface area contributed by atoms with Crippen molar-refractivity contribution in [3.8, 4) is 5.75 Å². The molecule has 1 saturated carbocycles. The van der Waals surface area contributed by atoms with Gasteiger partial charge in [0, 0.05) is 6.42 Å². The molecule has 0 bridgehead atoms. The van der Waals surface area contributed by atoms with E-state index in [-0.39, 0.29) is 5.84 Å². The molecule has 3 N–H and O–H groups in total. The third-order valence-electron chi connectivity index (χ3n) is 4.11. The van der Waals surface area contributed by atoms with Gasteiger partial charge in [-0.1, -0.05) is 30.6 Å². The Morgan fingerprint density at radius 2 is 1.90 bits per heavy atom. The van der Waals surface area contributed by atoms with E-state index in [1.165, 1.54) is 19.3 Å². The van der Waals surface area contributed by atoms with Crippen LogP contribution in [0.5, 0.6) is 5.75 Å². The van der Waals surface area contributed by atoms with E-state index in [4.69, 9.17) is 15.7 Å². The molecule has 1 aliphatic carbocycles. The maximum absolute atomic E-state index is 8.55. The lowest BCUT2D eigenvalue weighted by molar-refractivity contribution is 0.130. The quantitative estimate of drug-likeness (QED) is 0.375. The van der Waals surface area contributed by atoms with Crippen molar-refractivity contribution < 1.29 is 9.94 Å². The molecular formula is C16H24N2O2. The van der Waals surface area contributed by atoms with Crippen molar-refractivity contribution in [2.75, 3.05) is 0 Å². The lowest BCUT2D eigenvalue weighted by Crippen LogP contribution is -2.23. The first-order valence-corrected chi connectivity index (χ1v) is 7.43. The zero-order valence-electron chi connectivity index (χ0n) is 12.1. The number of nitrogens with two attached hydrogens (primary N) is 1. The number of hydrogen-bond acceptors (Lipinski definition) is 3. The molecule has 0 radical (unpaired) electrons. The summed E-state index contributed by atoms with van der Waals surface area (Å²) >= 11 is 0. The first-order chi connectivity index (χ1) is 9.71. The largest absolute Gasteiger partial charge is 0.490 e. The van der Waals surface area contributed by atoms with Crippen LogP contribution < -0.4 is 10.5 Å². The number of ether oxygens (including phenoxy) is 1. The van der Waals surface area contributed by atoms with Crippen LogP contribution in [0.4, 0.5) is 0 Å². The molecule has 20 heavy (non-hydrogen) atoms. The number of benzene rings is 1. The summed E-state index contributed by atoms with van der Waals surface area (Å²) in [6.45, 7) is 2.27. The molecule has 1 aromatic rings. The zero-order chi connectivity index (χ0) is 14.4. The molecule has 2 rings (SSSR count). The van der Waals surface area contributed by atoms with Gasteiger partial charge in [0.05, 0.1) is 6.10 Å². The molecule has 1 fully saturated rings. The fraction of sp³-hybridized carbons (Fsp3) is 0.562. The highest BCUT2D eigenvalue weighted by Crippen LogP contribution is 2.29. The average Bonchev–Trinajstić information content (AvgIpc) is 2.50. The molecule has 0 atom stereocenters. The summed E-state index contributed by atoms with van der Waals surface area (Å²) in [5.74, 6) is 2.02. The first kappa shape index (κ1) is 14.7. The summed E-state index contributed by atoms with van der Waals surface area (Å²) in [7, 11) is 0. The smallest absolute Gasteiger partial charge is 0.143 e. The van der Waals surface area contributed by atoms with Gasteiger partial charge >= 0.3 is 0 Å². The summed E-state index contributed by atoms with van der Waals surface area (Å²) in [5, 5.41) is 11.5. The second kappa shape index (κ2) is 7.17. The van der Waals surface area contributed by atoms with E-state index >= 15 is 0 Å². The monoisotopic (exact) mass is 276 g/mol. The van der Waals surface area contributed by atoms with Gasteiger partial charge in [-0.15, -0.1) is 0 Å². The fourth-order valence-electron chi connectivity index (χ4n) is 2.78. The van der Waals surface area contributed by atoms with Crippen LogP contribution in [0, 0.1) is 5.92 Å². The summed E-state index contributed by atoms with van der Waals surface area (Å²) in [6.07, 6.45) is 6.97. The molecular weight excluding hydrogens is 252 g/mol. The van der Waals surface area contributed by atoms with Crippen LogP contribution in [0.3, 0.4) is 0 Å². The van der Waals surface area contributed by atoms with Crippen molar-refractivity contribution in [3.63, 3.8) is 0 Å². The van der Waals surface area contributed by atoms with E-state index in [0.29, 0.717) is 12.5 Å². The summed E-state index contributed by atoms with van der Waals surface area (Å²) in [5.41, 5.74) is 6.50. The van der Waals surface area contributed by atoms with Crippen molar-refractivity contribution in [2.45, 2.75) is 51.6 Å². The van der Waals surface area contributed by atoms with Crippen molar-refractivity contribution in [3.05, 3.63) is 29.8 Å². The molecule has 110 valence electrons. The SMILES string of the molecule is CCC1CCC(Oc2ccc(CC(N)=NO)cc2)CC1. The molecule has 4 heteroatoms. The lowest BCUT2D eigenvalue weighted by Gasteiger charge is -2.28. The standard InChI is InChI=1S/C16H24N2O2/c1-2-12-3-7-14(8-4-12)20-15-9-5-13(6-10-15)11-16(17)18-19/h5-6,9-10,12,14,19H,2-4,7-8,11H2,1H3,(H2,17,18). The van der Waals surface area contributed by atoms with Crippen molar-refractivity contribution in [1.82, 2.24) is 0 Å². The Kier molecular flexibility index (Phi) is 5.27. The average molecular weight is 276 g/mol. The highest BCUT2D eigenvalue weighted by atomic mass is 16.5. The number of hydrogen-bond donors (Lipinski definition) is 2. The van der Waals surface area contributed by atoms with E-state index in [0.717, 1.165) is 30.1 Å². The minimum absolute atomic E-state index is 0.219. The van der Waals surface area contributed by atoms with E-state index in [9.17, 15) is 0 Å². The second-order valence-corrected chi connectivity index (χ2v) is 5.58. The zero-order valence-corrected chi connectivity index (χ0v) is 12.1. The molecule has 4 nitrogen and oxygen atoms in total. The van der Waals surface area contributed by atoms with Gasteiger partial charge in [-0.25, -0.2) is 0 Å². The molecule has 0 saturated heterocycles. The number of rotatable bonds is 5. The maximum Gasteiger partial charge on any atom is 0.143 e. The van der Waals surface area contributed by atoms with Gasteiger partial charge in [0.2, 0.25) is 0 Å². The van der Waals surface area contributed by atoms with Crippen LogP contribution in [-0.2, 0) is 6.42 Å². The van der Waals surface area contributed by atoms with Crippen molar-refractivity contribution >= 4 is 5.84 Å². The van der Waals surface area contributed by atoms with Gasteiger partial charge < -0.3 is 15.7 Å². The van der Waals surface area contributed by atoms with Gasteiger partial charge in [-0.2, -0.15) is 0 Å². The molecule has 1 aromatic carbocycles. The highest BCUT2D eigenvalue weighted by Gasteiger charge is 2.21. The fourth-order valence-corrected chi connectivity index (χ4v) is 2.78. The molecule has 0 amide bonds. The van der Waals surface area contributed by atoms with Gasteiger partial charge in [0.25, 0.3) is 0 Å². The van der Waals surface area contributed by atoms with Crippen LogP contribution in [-0.4, -0.2) is 17.1 Å². The summed E-state index contributed by atoms with van der Waals surface area (Å²) in [4.78, 5) is 0. The Morgan fingerprint density at radius 1 is 1.25 bits per heavy atom. The normalized spacial score (nSPS) is 23.6. The molecule has 0 aromatic heterocycles. The molecule has 0 spiro atoms. The molecule has 0 unspecified atom stereocenters. The predicted molar refractivity (Wildman–Crippen MR) is 80.2 cm³/mol. The Bertz CT molecular complexity index is 434. The molecule has 1 aliphatic rings. The van der Waals surface area contributed by atoms with Crippen LogP contribution in [0.15, 0.2) is 29.4 Å². The third kappa shape index (κ3) is 4.15. The topological polar surface area (TPSA) is 67.8 Å². The number of amidine groups is 1. The predicted octanol–water partition coefficient (Wildman–Crippen LogP) is 3.32. The van der Waals surface area contributed by atoms with Gasteiger partial charge in [0.1, 0.15) is 11.6 Å². The van der Waals surface area contributed by atoms with Gasteiger partial charge in [0.15, 0.2) is 0 Å². The van der Waals surface area contributed by atoms with E-state index in [2.05, 4.69) is 12.1 Å². The van der Waals surface area contributed by atoms with Crippen LogP contribution in [0.2, 0.25) is 0 Å². The molecule has 0 aliphatic heterocycles. The van der Waals surface area contributed by atoms with E-state index in [1.54, 1.807) is 0 Å². The summed E-state index contributed by atoms with van der Waals surface area (Å²) in [6, 6.07) is 7.86. The minimum atomic E-state index is 0.219. The van der Waals surface area contributed by atoms with Crippen LogP contribution in [0.1, 0.15) is 44.6 Å². The lowest BCUT2D eigenvalue weighted by atomic mass is 9.86. The van der Waals surface area contributed by atoms with Crippen LogP contribution in [0.25, 0.3) is 0 Å². The first-order valence-electron chi connectivity index (χ1n) is 7.43. The second-order valence-electron chi connectivity index (χ2n) is 5.58. The Labute approximate surface area is 120 Å². The van der Waals surface area contributed by atoms with Crippen molar-refractivity contribution in [1.29, 1.82) is 0 Å². The minimum Gasteiger partial charge on any atom is -0.490 e. The van der Waals surface area contributed by atoms with Gasteiger partial charge in [-0.3, -0.25) is 0 Å². The van der Waals surface area contributed by atoms with E-state index in [1.807, 2.05) is 24.3 Å². The summed E-state index contributed by atoms with van der Waals surface area (Å²) < 4.78 is 6.02. The third-order valence-corrected chi connectivity index (χ3v) is 4.11. The maximum atomic E-state index is 8.55. The Balaban J connectivity index is 1.85. The van der Waals surface area contributed by atoms with Gasteiger partial charge in [-0.05, 0) is 49.3 Å². The molecule has 0 heterocycles. The van der Waals surface area contributed by atoms with E-state index < -0.39 is 0 Å². The number of nitrogens with zero attached hydrogens (tertiary/aromatic N) is 1. The Hall–Kier alpha value is -1.71.